The number of rotatable bonds is 1. The molecule has 3 heterocycles. The summed E-state index contributed by atoms with van der Waals surface area (Å²) in [5.41, 5.74) is 3.22. The number of aromatic nitrogens is 4. The molecule has 0 bridgehead atoms. The largest absolute Gasteiger partial charge is 0.341 e. The molecule has 0 spiro atoms. The quantitative estimate of drug-likeness (QED) is 0.789. The summed E-state index contributed by atoms with van der Waals surface area (Å²) in [6.07, 6.45) is 1.90. The van der Waals surface area contributed by atoms with Gasteiger partial charge >= 0.3 is 0 Å². The van der Waals surface area contributed by atoms with Crippen molar-refractivity contribution in [2.24, 2.45) is 7.05 Å². The van der Waals surface area contributed by atoms with E-state index in [1.807, 2.05) is 31.1 Å². The molecule has 0 aromatic carbocycles. The first-order valence-electron chi connectivity index (χ1n) is 4.94. The molecule has 0 amide bonds. The van der Waals surface area contributed by atoms with Crippen LogP contribution in [0.5, 0.6) is 0 Å². The van der Waals surface area contributed by atoms with E-state index in [1.165, 1.54) is 11.3 Å². The van der Waals surface area contributed by atoms with Crippen molar-refractivity contribution in [3.8, 4) is 11.5 Å². The fourth-order valence-corrected chi connectivity index (χ4v) is 3.18. The molecule has 1 N–H and O–H groups in total. The van der Waals surface area contributed by atoms with E-state index in [-0.39, 0.29) is 0 Å². The second-order valence-corrected chi connectivity index (χ2v) is 5.09. The number of aromatic amines is 1. The van der Waals surface area contributed by atoms with Gasteiger partial charge in [-0.05, 0) is 6.07 Å². The van der Waals surface area contributed by atoms with Gasteiger partial charge in [-0.3, -0.25) is 4.68 Å². The fourth-order valence-electron chi connectivity index (χ4n) is 1.73. The van der Waals surface area contributed by atoms with Crippen LogP contribution in [0.15, 0.2) is 12.3 Å². The van der Waals surface area contributed by atoms with Gasteiger partial charge in [-0.2, -0.15) is 16.9 Å². The van der Waals surface area contributed by atoms with Crippen LogP contribution in [-0.4, -0.2) is 19.7 Å². The van der Waals surface area contributed by atoms with Gasteiger partial charge < -0.3 is 4.98 Å². The minimum Gasteiger partial charge on any atom is -0.341 e. The molecule has 2 aromatic rings. The number of nitrogens with zero attached hydrogens (tertiary/aromatic N) is 3. The standard InChI is InChI=1S/C10H10N4S2/c1-14-3-2-7(13-14)9-11-8-5-16-4-6(8)10(15)12-9/h2-3H,4-5H2,1H3,(H,11,12,15). The van der Waals surface area contributed by atoms with E-state index in [1.54, 1.807) is 4.68 Å². The van der Waals surface area contributed by atoms with Gasteiger partial charge in [0.2, 0.25) is 0 Å². The van der Waals surface area contributed by atoms with Crippen molar-refractivity contribution >= 4 is 24.0 Å². The predicted octanol–water partition coefficient (Wildman–Crippen LogP) is 2.29. The molecule has 1 aliphatic heterocycles. The van der Waals surface area contributed by atoms with Crippen molar-refractivity contribution in [3.05, 3.63) is 28.2 Å². The van der Waals surface area contributed by atoms with Gasteiger partial charge in [0.15, 0.2) is 5.82 Å². The molecule has 16 heavy (non-hydrogen) atoms. The molecule has 0 aliphatic carbocycles. The van der Waals surface area contributed by atoms with Crippen LogP contribution in [0, 0.1) is 4.64 Å². The topological polar surface area (TPSA) is 46.5 Å². The zero-order chi connectivity index (χ0) is 11.1. The molecule has 1 aliphatic rings. The van der Waals surface area contributed by atoms with E-state index in [4.69, 9.17) is 12.2 Å². The Hall–Kier alpha value is -1.14. The molecular formula is C10H10N4S2. The van der Waals surface area contributed by atoms with Gasteiger partial charge in [-0.1, -0.05) is 12.2 Å². The molecule has 0 saturated heterocycles. The van der Waals surface area contributed by atoms with Crippen molar-refractivity contribution in [1.29, 1.82) is 0 Å². The normalized spacial score (nSPS) is 14.1. The van der Waals surface area contributed by atoms with Crippen LogP contribution >= 0.6 is 24.0 Å². The van der Waals surface area contributed by atoms with Crippen molar-refractivity contribution in [2.75, 3.05) is 0 Å². The molecule has 4 nitrogen and oxygen atoms in total. The zero-order valence-corrected chi connectivity index (χ0v) is 10.4. The molecule has 0 unspecified atom stereocenters. The van der Waals surface area contributed by atoms with Gasteiger partial charge in [0, 0.05) is 36.0 Å². The third-order valence-corrected chi connectivity index (χ3v) is 3.88. The highest BCUT2D eigenvalue weighted by Crippen LogP contribution is 2.29. The van der Waals surface area contributed by atoms with Crippen molar-refractivity contribution in [3.63, 3.8) is 0 Å². The molecule has 6 heteroatoms. The Labute approximate surface area is 102 Å². The average molecular weight is 250 g/mol. The lowest BCUT2D eigenvalue weighted by molar-refractivity contribution is 0.768. The lowest BCUT2D eigenvalue weighted by Gasteiger charge is -2.02. The van der Waals surface area contributed by atoms with Crippen LogP contribution < -0.4 is 0 Å². The lowest BCUT2D eigenvalue weighted by Crippen LogP contribution is -1.98. The summed E-state index contributed by atoms with van der Waals surface area (Å²) in [5.74, 6) is 2.73. The average Bonchev–Trinajstić information content (AvgIpc) is 2.85. The summed E-state index contributed by atoms with van der Waals surface area (Å²) in [6, 6.07) is 1.93. The van der Waals surface area contributed by atoms with E-state index in [9.17, 15) is 0 Å². The van der Waals surface area contributed by atoms with E-state index in [2.05, 4.69) is 15.1 Å². The molecular weight excluding hydrogens is 240 g/mol. The smallest absolute Gasteiger partial charge is 0.159 e. The first-order chi connectivity index (χ1) is 7.74. The van der Waals surface area contributed by atoms with Crippen LogP contribution in [-0.2, 0) is 18.6 Å². The third kappa shape index (κ3) is 1.58. The summed E-state index contributed by atoms with van der Waals surface area (Å²) in [5, 5.41) is 4.32. The minimum atomic E-state index is 0.708. The van der Waals surface area contributed by atoms with Crippen LogP contribution in [0.3, 0.4) is 0 Å². The number of fused-ring (bicyclic) bond motifs is 1. The Kier molecular flexibility index (Phi) is 2.33. The molecule has 0 saturated carbocycles. The first-order valence-corrected chi connectivity index (χ1v) is 6.50. The predicted molar refractivity (Wildman–Crippen MR) is 66.6 cm³/mol. The minimum absolute atomic E-state index is 0.708. The van der Waals surface area contributed by atoms with Gasteiger partial charge in [-0.15, -0.1) is 0 Å². The van der Waals surface area contributed by atoms with Gasteiger partial charge in [0.05, 0.1) is 0 Å². The summed E-state index contributed by atoms with van der Waals surface area (Å²) in [6.45, 7) is 0. The van der Waals surface area contributed by atoms with Crippen LogP contribution in [0.4, 0.5) is 0 Å². The van der Waals surface area contributed by atoms with Gasteiger partial charge in [-0.25, -0.2) is 4.98 Å². The Morgan fingerprint density at radius 3 is 3.12 bits per heavy atom. The maximum absolute atomic E-state index is 5.29. The van der Waals surface area contributed by atoms with Crippen molar-refractivity contribution in [1.82, 2.24) is 19.7 Å². The maximum atomic E-state index is 5.29. The number of nitrogens with one attached hydrogen (secondary N) is 1. The van der Waals surface area contributed by atoms with Gasteiger partial charge in [0.25, 0.3) is 0 Å². The Bertz CT molecular complexity index is 599. The second kappa shape index (κ2) is 3.71. The molecule has 82 valence electrons. The maximum Gasteiger partial charge on any atom is 0.159 e. The number of H-pyrrole nitrogens is 1. The Morgan fingerprint density at radius 1 is 1.50 bits per heavy atom. The second-order valence-electron chi connectivity index (χ2n) is 3.72. The number of hydrogen-bond acceptors (Lipinski definition) is 4. The lowest BCUT2D eigenvalue weighted by atomic mass is 10.2. The third-order valence-electron chi connectivity index (χ3n) is 2.55. The van der Waals surface area contributed by atoms with E-state index >= 15 is 0 Å². The molecule has 0 atom stereocenters. The summed E-state index contributed by atoms with van der Waals surface area (Å²) in [4.78, 5) is 7.72. The van der Waals surface area contributed by atoms with Crippen molar-refractivity contribution in [2.45, 2.75) is 11.5 Å². The Balaban J connectivity index is 2.16. The summed E-state index contributed by atoms with van der Waals surface area (Å²) >= 11 is 7.16. The number of hydrogen-bond donors (Lipinski definition) is 1. The molecule has 0 radical (unpaired) electrons. The molecule has 2 aromatic heterocycles. The van der Waals surface area contributed by atoms with E-state index in [0.717, 1.165) is 23.0 Å². The van der Waals surface area contributed by atoms with Gasteiger partial charge in [0.1, 0.15) is 10.3 Å². The summed E-state index contributed by atoms with van der Waals surface area (Å²) < 4.78 is 2.47. The first kappa shape index (κ1) is 10.0. The summed E-state index contributed by atoms with van der Waals surface area (Å²) in [7, 11) is 1.89. The van der Waals surface area contributed by atoms with Crippen LogP contribution in [0.25, 0.3) is 11.5 Å². The molecule has 0 fully saturated rings. The monoisotopic (exact) mass is 250 g/mol. The van der Waals surface area contributed by atoms with Crippen molar-refractivity contribution < 1.29 is 0 Å². The van der Waals surface area contributed by atoms with Crippen LogP contribution in [0.1, 0.15) is 11.3 Å². The highest BCUT2D eigenvalue weighted by atomic mass is 32.2. The fraction of sp³-hybridized carbons (Fsp3) is 0.300. The highest BCUT2D eigenvalue weighted by Gasteiger charge is 2.16. The zero-order valence-electron chi connectivity index (χ0n) is 8.73. The van der Waals surface area contributed by atoms with E-state index in [0.29, 0.717) is 4.64 Å². The number of aryl methyl sites for hydroxylation is 1. The van der Waals surface area contributed by atoms with E-state index < -0.39 is 0 Å². The highest BCUT2D eigenvalue weighted by molar-refractivity contribution is 7.98. The Morgan fingerprint density at radius 2 is 2.38 bits per heavy atom. The molecule has 3 rings (SSSR count). The van der Waals surface area contributed by atoms with Crippen LogP contribution in [0.2, 0.25) is 0 Å². The SMILES string of the molecule is Cn1ccc(-c2nc(=S)c3c([nH]2)CSC3)n1. The number of thioether (sulfide) groups is 1.